The van der Waals surface area contributed by atoms with Crippen LogP contribution in [0.3, 0.4) is 0 Å². The number of sulfonamides is 1. The quantitative estimate of drug-likeness (QED) is 0.798. The Labute approximate surface area is 147 Å². The van der Waals surface area contributed by atoms with Gasteiger partial charge in [0, 0.05) is 10.7 Å². The van der Waals surface area contributed by atoms with E-state index in [2.05, 4.69) is 0 Å². The van der Waals surface area contributed by atoms with Crippen LogP contribution in [0.25, 0.3) is 0 Å². The molecule has 0 spiro atoms. The summed E-state index contributed by atoms with van der Waals surface area (Å²) in [6.07, 6.45) is 0. The van der Waals surface area contributed by atoms with E-state index in [0.29, 0.717) is 5.56 Å². The molecule has 0 aliphatic carbocycles. The molecule has 0 amide bonds. The Hall–Kier alpha value is -1.41. The number of halogens is 1. The van der Waals surface area contributed by atoms with Gasteiger partial charge in [-0.25, -0.2) is 22.0 Å². The van der Waals surface area contributed by atoms with Gasteiger partial charge in [0.15, 0.2) is 0 Å². The lowest BCUT2D eigenvalue weighted by atomic mass is 10.1. The molecule has 0 aliphatic rings. The van der Waals surface area contributed by atoms with E-state index in [1.54, 1.807) is 26.0 Å². The Morgan fingerprint density at radius 3 is 1.42 bits per heavy atom. The second-order valence-electron chi connectivity index (χ2n) is 5.38. The topological polar surface area (TPSA) is 94.3 Å². The van der Waals surface area contributed by atoms with Crippen molar-refractivity contribution in [3.05, 3.63) is 58.7 Å². The van der Waals surface area contributed by atoms with E-state index >= 15 is 0 Å². The van der Waals surface area contributed by atoms with Gasteiger partial charge in [-0.15, -0.1) is 0 Å². The number of aryl methyl sites for hydroxylation is 2. The predicted octanol–water partition coefficient (Wildman–Crippen LogP) is 3.18. The zero-order valence-corrected chi connectivity index (χ0v) is 16.3. The minimum atomic E-state index is -3.58. The van der Waals surface area contributed by atoms with E-state index in [9.17, 15) is 16.8 Å². The van der Waals surface area contributed by atoms with Gasteiger partial charge in [-0.3, -0.25) is 0 Å². The molecule has 2 rings (SSSR count). The summed E-state index contributed by atoms with van der Waals surface area (Å²) >= 11 is 0. The van der Waals surface area contributed by atoms with Crippen molar-refractivity contribution in [2.24, 2.45) is 5.14 Å². The number of nitrogens with two attached hydrogens (primary N) is 1. The van der Waals surface area contributed by atoms with Crippen molar-refractivity contribution in [2.45, 2.75) is 37.5 Å². The predicted molar refractivity (Wildman–Crippen MR) is 96.2 cm³/mol. The van der Waals surface area contributed by atoms with Crippen LogP contribution in [-0.4, -0.2) is 16.8 Å². The number of primary sulfonamides is 1. The van der Waals surface area contributed by atoms with Crippen LogP contribution in [0.15, 0.2) is 46.2 Å². The van der Waals surface area contributed by atoms with Crippen LogP contribution in [0.4, 0.5) is 0 Å². The largest absolute Gasteiger partial charge is 0.261 e. The van der Waals surface area contributed by atoms with E-state index in [-0.39, 0.29) is 9.79 Å². The summed E-state index contributed by atoms with van der Waals surface area (Å²) in [5, 5.41) is 5.00. The van der Waals surface area contributed by atoms with Crippen LogP contribution in [-0.2, 0) is 19.1 Å². The Balaban J connectivity index is 0.000000240. The molecule has 5 nitrogen and oxygen atoms in total. The lowest BCUT2D eigenvalue weighted by Gasteiger charge is -2.04. The van der Waals surface area contributed by atoms with E-state index in [1.807, 2.05) is 26.0 Å². The molecule has 0 aromatic heterocycles. The molecule has 8 heteroatoms. The van der Waals surface area contributed by atoms with Crippen LogP contribution in [0.5, 0.6) is 0 Å². The van der Waals surface area contributed by atoms with Gasteiger partial charge in [-0.2, -0.15) is 0 Å². The highest BCUT2D eigenvalue weighted by Crippen LogP contribution is 2.21. The van der Waals surface area contributed by atoms with E-state index in [0.717, 1.165) is 16.7 Å². The highest BCUT2D eigenvalue weighted by atomic mass is 35.7. The van der Waals surface area contributed by atoms with Crippen molar-refractivity contribution in [1.82, 2.24) is 0 Å². The van der Waals surface area contributed by atoms with E-state index < -0.39 is 19.1 Å². The van der Waals surface area contributed by atoms with Crippen molar-refractivity contribution >= 4 is 29.8 Å². The lowest BCUT2D eigenvalue weighted by Crippen LogP contribution is -2.13. The van der Waals surface area contributed by atoms with Gasteiger partial charge in [-0.1, -0.05) is 24.3 Å². The third-order valence-corrected chi connectivity index (χ3v) is 6.20. The Kier molecular flexibility index (Phi) is 6.58. The van der Waals surface area contributed by atoms with Crippen molar-refractivity contribution < 1.29 is 16.8 Å². The first-order valence-corrected chi connectivity index (χ1v) is 10.8. The highest BCUT2D eigenvalue weighted by Gasteiger charge is 2.13. The van der Waals surface area contributed by atoms with Crippen LogP contribution in [0, 0.1) is 27.7 Å². The zero-order chi connectivity index (χ0) is 18.7. The molecule has 0 atom stereocenters. The second-order valence-corrected chi connectivity index (χ2v) is 9.44. The monoisotopic (exact) mass is 389 g/mol. The van der Waals surface area contributed by atoms with E-state index in [1.165, 1.54) is 12.1 Å². The van der Waals surface area contributed by atoms with Gasteiger partial charge < -0.3 is 0 Å². The first-order valence-electron chi connectivity index (χ1n) is 6.95. The number of rotatable bonds is 2. The fourth-order valence-electron chi connectivity index (χ4n) is 2.02. The van der Waals surface area contributed by atoms with Crippen LogP contribution in [0.1, 0.15) is 22.3 Å². The maximum absolute atomic E-state index is 11.0. The summed E-state index contributed by atoms with van der Waals surface area (Å²) in [7, 11) is -1.93. The van der Waals surface area contributed by atoms with Gasteiger partial charge in [0.05, 0.1) is 9.79 Å². The van der Waals surface area contributed by atoms with E-state index in [4.69, 9.17) is 15.8 Å². The maximum atomic E-state index is 11.0. The number of benzene rings is 2. The van der Waals surface area contributed by atoms with Crippen molar-refractivity contribution in [3.63, 3.8) is 0 Å². The van der Waals surface area contributed by atoms with Gasteiger partial charge in [0.2, 0.25) is 10.0 Å². The fraction of sp³-hybridized carbons (Fsp3) is 0.250. The van der Waals surface area contributed by atoms with Crippen molar-refractivity contribution in [2.75, 3.05) is 0 Å². The van der Waals surface area contributed by atoms with Crippen LogP contribution >= 0.6 is 10.7 Å². The van der Waals surface area contributed by atoms with Gasteiger partial charge >= 0.3 is 0 Å². The van der Waals surface area contributed by atoms with Crippen molar-refractivity contribution in [3.8, 4) is 0 Å². The molecule has 0 saturated carbocycles. The molecule has 0 saturated heterocycles. The summed E-state index contributed by atoms with van der Waals surface area (Å²) in [5.74, 6) is 0. The number of hydrogen-bond donors (Lipinski definition) is 1. The fourth-order valence-corrected chi connectivity index (χ4v) is 4.15. The Morgan fingerprint density at radius 1 is 0.750 bits per heavy atom. The summed E-state index contributed by atoms with van der Waals surface area (Å²) in [4.78, 5) is 0.409. The SMILES string of the molecule is Cc1cccc(S(=O)(=O)Cl)c1C.Cc1cccc(S(N)(=O)=O)c1C. The van der Waals surface area contributed by atoms with Crippen LogP contribution in [0.2, 0.25) is 0 Å². The first-order chi connectivity index (χ1) is 10.9. The summed E-state index contributed by atoms with van der Waals surface area (Å²) < 4.78 is 43.9. The van der Waals surface area contributed by atoms with Gasteiger partial charge in [-0.05, 0) is 62.1 Å². The molecule has 2 aromatic carbocycles. The lowest BCUT2D eigenvalue weighted by molar-refractivity contribution is 0.597. The standard InChI is InChI=1S/C8H9ClO2S.C8H11NO2S/c2*1-6-4-3-5-8(7(6)2)12(9,10)11/h3-5H,1-2H3;3-5H,1-2H3,(H2,9,10,11). The molecule has 0 fully saturated rings. The molecule has 2 aromatic rings. The second kappa shape index (κ2) is 7.65. The van der Waals surface area contributed by atoms with Gasteiger partial charge in [0.1, 0.15) is 0 Å². The minimum absolute atomic E-state index is 0.198. The summed E-state index contributed by atoms with van der Waals surface area (Å²) in [5.41, 5.74) is 3.30. The molecule has 132 valence electrons. The summed E-state index contributed by atoms with van der Waals surface area (Å²) in [6, 6.07) is 10.1. The average Bonchev–Trinajstić information content (AvgIpc) is 2.43. The normalized spacial score (nSPS) is 11.6. The molecule has 0 heterocycles. The molecule has 0 aliphatic heterocycles. The molecule has 24 heavy (non-hydrogen) atoms. The zero-order valence-electron chi connectivity index (χ0n) is 13.9. The molecule has 0 unspecified atom stereocenters. The first kappa shape index (κ1) is 20.6. The summed E-state index contributed by atoms with van der Waals surface area (Å²) in [6.45, 7) is 7.19. The third-order valence-electron chi connectivity index (χ3n) is 3.68. The maximum Gasteiger partial charge on any atom is 0.261 e. The van der Waals surface area contributed by atoms with Crippen molar-refractivity contribution in [1.29, 1.82) is 0 Å². The Bertz CT molecular complexity index is 873. The molecular weight excluding hydrogens is 370 g/mol. The minimum Gasteiger partial charge on any atom is -0.225 e. The Morgan fingerprint density at radius 2 is 1.12 bits per heavy atom. The molecule has 0 bridgehead atoms. The molecule has 2 N–H and O–H groups in total. The smallest absolute Gasteiger partial charge is 0.225 e. The van der Waals surface area contributed by atoms with Crippen LogP contribution < -0.4 is 5.14 Å². The average molecular weight is 390 g/mol. The van der Waals surface area contributed by atoms with Gasteiger partial charge in [0.25, 0.3) is 9.05 Å². The third kappa shape index (κ3) is 5.31. The molecule has 0 radical (unpaired) electrons. The molecular formula is C16H20ClNO4S2. The highest BCUT2D eigenvalue weighted by molar-refractivity contribution is 8.13. The number of hydrogen-bond acceptors (Lipinski definition) is 4.